The molecule has 1 amide bonds. The number of carbonyl (C=O) groups is 1. The van der Waals surface area contributed by atoms with E-state index >= 15 is 0 Å². The van der Waals surface area contributed by atoms with E-state index < -0.39 is 0 Å². The summed E-state index contributed by atoms with van der Waals surface area (Å²) in [6, 6.07) is 0.614. The highest BCUT2D eigenvalue weighted by molar-refractivity contribution is 5.78. The third kappa shape index (κ3) is 3.37. The summed E-state index contributed by atoms with van der Waals surface area (Å²) >= 11 is 0. The first-order valence-corrected chi connectivity index (χ1v) is 5.23. The van der Waals surface area contributed by atoms with Gasteiger partial charge in [0, 0.05) is 18.0 Å². The molecule has 0 aromatic rings. The van der Waals surface area contributed by atoms with Crippen molar-refractivity contribution in [2.75, 3.05) is 0 Å². The van der Waals surface area contributed by atoms with Crippen LogP contribution >= 0.6 is 0 Å². The minimum Gasteiger partial charge on any atom is -0.338 e. The van der Waals surface area contributed by atoms with E-state index in [1.165, 1.54) is 0 Å². The molecule has 0 spiro atoms. The van der Waals surface area contributed by atoms with Crippen LogP contribution in [0, 0.1) is 5.92 Å². The zero-order valence-corrected chi connectivity index (χ0v) is 9.79. The molecule has 0 N–H and O–H groups in total. The summed E-state index contributed by atoms with van der Waals surface area (Å²) in [7, 11) is 0. The molecule has 2 nitrogen and oxygen atoms in total. The van der Waals surface area contributed by atoms with Gasteiger partial charge in [-0.05, 0) is 34.1 Å². The third-order valence-electron chi connectivity index (χ3n) is 2.40. The topological polar surface area (TPSA) is 20.3 Å². The molecule has 0 aromatic heterocycles. The Morgan fingerprint density at radius 3 is 1.69 bits per heavy atom. The largest absolute Gasteiger partial charge is 0.338 e. The molecule has 78 valence electrons. The van der Waals surface area contributed by atoms with Gasteiger partial charge >= 0.3 is 0 Å². The van der Waals surface area contributed by atoms with Crippen LogP contribution in [-0.4, -0.2) is 22.9 Å². The van der Waals surface area contributed by atoms with Gasteiger partial charge in [-0.2, -0.15) is 0 Å². The van der Waals surface area contributed by atoms with E-state index in [1.807, 2.05) is 11.8 Å². The van der Waals surface area contributed by atoms with Gasteiger partial charge in [0.2, 0.25) is 5.91 Å². The van der Waals surface area contributed by atoms with E-state index in [1.54, 1.807) is 0 Å². The standard InChI is InChI=1S/C11H23NO/c1-7-10(6)11(13)12(8(2)3)9(4)5/h8-10H,7H2,1-6H3. The molecule has 0 heterocycles. The zero-order valence-electron chi connectivity index (χ0n) is 9.79. The molecule has 2 heteroatoms. The van der Waals surface area contributed by atoms with E-state index in [0.717, 1.165) is 6.42 Å². The summed E-state index contributed by atoms with van der Waals surface area (Å²) in [5.41, 5.74) is 0. The molecule has 0 saturated heterocycles. The van der Waals surface area contributed by atoms with Crippen LogP contribution in [0.2, 0.25) is 0 Å². The first-order valence-electron chi connectivity index (χ1n) is 5.23. The Morgan fingerprint density at radius 2 is 1.46 bits per heavy atom. The fourth-order valence-corrected chi connectivity index (χ4v) is 1.53. The summed E-state index contributed by atoms with van der Waals surface area (Å²) in [6.07, 6.45) is 0.925. The smallest absolute Gasteiger partial charge is 0.225 e. The van der Waals surface area contributed by atoms with Crippen LogP contribution in [0.5, 0.6) is 0 Å². The number of hydrogen-bond donors (Lipinski definition) is 0. The van der Waals surface area contributed by atoms with Gasteiger partial charge in [0.25, 0.3) is 0 Å². The fraction of sp³-hybridized carbons (Fsp3) is 0.909. The lowest BCUT2D eigenvalue weighted by Crippen LogP contribution is -2.44. The van der Waals surface area contributed by atoms with Crippen LogP contribution in [-0.2, 0) is 4.79 Å². The van der Waals surface area contributed by atoms with Crippen molar-refractivity contribution in [3.05, 3.63) is 0 Å². The maximum Gasteiger partial charge on any atom is 0.225 e. The summed E-state index contributed by atoms with van der Waals surface area (Å²) in [5.74, 6) is 0.442. The molecule has 0 aliphatic heterocycles. The normalized spacial score (nSPS) is 13.5. The monoisotopic (exact) mass is 185 g/mol. The minimum absolute atomic E-state index is 0.157. The lowest BCUT2D eigenvalue weighted by atomic mass is 10.1. The molecule has 13 heavy (non-hydrogen) atoms. The van der Waals surface area contributed by atoms with Crippen molar-refractivity contribution >= 4 is 5.91 Å². The molecule has 0 aromatic carbocycles. The highest BCUT2D eigenvalue weighted by Crippen LogP contribution is 2.13. The fourth-order valence-electron chi connectivity index (χ4n) is 1.53. The summed E-state index contributed by atoms with van der Waals surface area (Å²) < 4.78 is 0. The van der Waals surface area contributed by atoms with Crippen molar-refractivity contribution in [1.82, 2.24) is 4.90 Å². The molecule has 0 bridgehead atoms. The second-order valence-corrected chi connectivity index (χ2v) is 4.24. The second-order valence-electron chi connectivity index (χ2n) is 4.24. The van der Waals surface area contributed by atoms with E-state index in [4.69, 9.17) is 0 Å². The van der Waals surface area contributed by atoms with Gasteiger partial charge in [-0.25, -0.2) is 0 Å². The predicted octanol–water partition coefficient (Wildman–Crippen LogP) is 2.68. The Kier molecular flexibility index (Phi) is 5.04. The van der Waals surface area contributed by atoms with Gasteiger partial charge in [-0.3, -0.25) is 4.79 Å². The van der Waals surface area contributed by atoms with Crippen LogP contribution in [0.25, 0.3) is 0 Å². The minimum atomic E-state index is 0.157. The van der Waals surface area contributed by atoms with Crippen molar-refractivity contribution in [2.24, 2.45) is 5.92 Å². The van der Waals surface area contributed by atoms with Crippen LogP contribution in [0.1, 0.15) is 48.0 Å². The van der Waals surface area contributed by atoms with Gasteiger partial charge in [0.15, 0.2) is 0 Å². The van der Waals surface area contributed by atoms with E-state index in [9.17, 15) is 4.79 Å². The molecular formula is C11H23NO. The Morgan fingerprint density at radius 1 is 1.08 bits per heavy atom. The maximum absolute atomic E-state index is 11.9. The number of hydrogen-bond acceptors (Lipinski definition) is 1. The number of carbonyl (C=O) groups excluding carboxylic acids is 1. The van der Waals surface area contributed by atoms with Crippen LogP contribution in [0.4, 0.5) is 0 Å². The summed E-state index contributed by atoms with van der Waals surface area (Å²) in [4.78, 5) is 13.8. The average molecular weight is 185 g/mol. The van der Waals surface area contributed by atoms with Gasteiger partial charge in [0.1, 0.15) is 0 Å². The van der Waals surface area contributed by atoms with E-state index in [0.29, 0.717) is 12.1 Å². The Labute approximate surface area is 82.3 Å². The van der Waals surface area contributed by atoms with Gasteiger partial charge in [0.05, 0.1) is 0 Å². The predicted molar refractivity (Wildman–Crippen MR) is 56.6 cm³/mol. The van der Waals surface area contributed by atoms with E-state index in [2.05, 4.69) is 34.6 Å². The molecule has 0 aliphatic rings. The molecule has 1 atom stereocenters. The van der Waals surface area contributed by atoms with Gasteiger partial charge in [-0.1, -0.05) is 13.8 Å². The van der Waals surface area contributed by atoms with Crippen molar-refractivity contribution in [2.45, 2.75) is 60.0 Å². The Hall–Kier alpha value is -0.530. The number of amides is 1. The van der Waals surface area contributed by atoms with Gasteiger partial charge in [-0.15, -0.1) is 0 Å². The first-order chi connectivity index (χ1) is 5.91. The Bertz CT molecular complexity index is 155. The molecule has 0 rings (SSSR count). The highest BCUT2D eigenvalue weighted by Gasteiger charge is 2.23. The van der Waals surface area contributed by atoms with Crippen molar-refractivity contribution < 1.29 is 4.79 Å². The Balaban J connectivity index is 4.46. The second kappa shape index (κ2) is 5.25. The molecule has 0 aliphatic carbocycles. The van der Waals surface area contributed by atoms with Crippen LogP contribution in [0.3, 0.4) is 0 Å². The lowest BCUT2D eigenvalue weighted by Gasteiger charge is -2.32. The molecule has 0 saturated carbocycles. The van der Waals surface area contributed by atoms with Crippen molar-refractivity contribution in [3.63, 3.8) is 0 Å². The third-order valence-corrected chi connectivity index (χ3v) is 2.40. The number of rotatable bonds is 4. The first kappa shape index (κ1) is 12.5. The van der Waals surface area contributed by atoms with Gasteiger partial charge < -0.3 is 4.90 Å². The molecular weight excluding hydrogens is 162 g/mol. The zero-order chi connectivity index (χ0) is 10.6. The average Bonchev–Trinajstić information content (AvgIpc) is 2.01. The SMILES string of the molecule is CCC(C)C(=O)N(C(C)C)C(C)C. The quantitative estimate of drug-likeness (QED) is 0.659. The van der Waals surface area contributed by atoms with Crippen molar-refractivity contribution in [3.8, 4) is 0 Å². The molecule has 1 unspecified atom stereocenters. The summed E-state index contributed by atoms with van der Waals surface area (Å²) in [5, 5.41) is 0. The van der Waals surface area contributed by atoms with Crippen LogP contribution in [0.15, 0.2) is 0 Å². The molecule has 0 fully saturated rings. The maximum atomic E-state index is 11.9. The van der Waals surface area contributed by atoms with Crippen molar-refractivity contribution in [1.29, 1.82) is 0 Å². The summed E-state index contributed by atoms with van der Waals surface area (Å²) in [6.45, 7) is 12.3. The van der Waals surface area contributed by atoms with Crippen LogP contribution < -0.4 is 0 Å². The lowest BCUT2D eigenvalue weighted by molar-refractivity contribution is -0.138. The van der Waals surface area contributed by atoms with E-state index in [-0.39, 0.29) is 11.8 Å². The highest BCUT2D eigenvalue weighted by atomic mass is 16.2. The molecule has 0 radical (unpaired) electrons. The number of nitrogens with zero attached hydrogens (tertiary/aromatic N) is 1.